The van der Waals surface area contributed by atoms with Crippen molar-refractivity contribution in [1.29, 1.82) is 0 Å². The van der Waals surface area contributed by atoms with Crippen LogP contribution in [0.15, 0.2) is 35.5 Å². The number of amides is 2. The van der Waals surface area contributed by atoms with Gasteiger partial charge in [-0.15, -0.1) is 0 Å². The Morgan fingerprint density at radius 3 is 2.92 bits per heavy atom. The monoisotopic (exact) mass is 358 g/mol. The van der Waals surface area contributed by atoms with E-state index in [0.717, 1.165) is 29.4 Å². The Hall–Kier alpha value is -2.28. The Bertz CT molecular complexity index is 745. The van der Waals surface area contributed by atoms with Crippen molar-refractivity contribution < 1.29 is 9.59 Å². The molecule has 0 bridgehead atoms. The molecule has 0 aliphatic carbocycles. The molecule has 1 aromatic heterocycles. The first-order chi connectivity index (χ1) is 12.1. The van der Waals surface area contributed by atoms with Gasteiger partial charge in [-0.25, -0.2) is 4.98 Å². The zero-order valence-electron chi connectivity index (χ0n) is 14.2. The Balaban J connectivity index is 1.52. The highest BCUT2D eigenvalue weighted by molar-refractivity contribution is 7.99. The number of H-pyrrole nitrogens is 1. The van der Waals surface area contributed by atoms with Crippen molar-refractivity contribution in [3.8, 4) is 0 Å². The van der Waals surface area contributed by atoms with E-state index in [1.54, 1.807) is 0 Å². The summed E-state index contributed by atoms with van der Waals surface area (Å²) < 4.78 is 0. The van der Waals surface area contributed by atoms with Gasteiger partial charge in [-0.3, -0.25) is 9.59 Å². The molecule has 1 aromatic carbocycles. The molecule has 2 heterocycles. The largest absolute Gasteiger partial charge is 0.354 e. The summed E-state index contributed by atoms with van der Waals surface area (Å²) in [5.41, 5.74) is 3.20. The van der Waals surface area contributed by atoms with Gasteiger partial charge < -0.3 is 15.6 Å². The molecule has 2 amide bonds. The number of nitrogens with one attached hydrogen (secondary N) is 3. The van der Waals surface area contributed by atoms with Crippen LogP contribution in [0.1, 0.15) is 29.8 Å². The molecule has 6 nitrogen and oxygen atoms in total. The first-order valence-electron chi connectivity index (χ1n) is 8.41. The number of imidazole rings is 1. The van der Waals surface area contributed by atoms with Crippen LogP contribution in [0.25, 0.3) is 0 Å². The fraction of sp³-hybridized carbons (Fsp3) is 0.389. The molecule has 1 fully saturated rings. The molecule has 1 aliphatic rings. The average molecular weight is 358 g/mol. The number of thioether (sulfide) groups is 1. The van der Waals surface area contributed by atoms with Crippen molar-refractivity contribution in [2.75, 3.05) is 12.3 Å². The van der Waals surface area contributed by atoms with Crippen molar-refractivity contribution in [1.82, 2.24) is 20.6 Å². The Labute approximate surface area is 151 Å². The summed E-state index contributed by atoms with van der Waals surface area (Å²) >= 11 is 1.35. The lowest BCUT2D eigenvalue weighted by Gasteiger charge is -2.22. The maximum atomic E-state index is 12.1. The van der Waals surface area contributed by atoms with Gasteiger partial charge in [0.25, 0.3) is 0 Å². The molecular formula is C18H22N4O2S. The molecule has 132 valence electrons. The predicted octanol–water partition coefficient (Wildman–Crippen LogP) is 1.80. The highest BCUT2D eigenvalue weighted by Gasteiger charge is 2.23. The number of nitrogens with zero attached hydrogens (tertiary/aromatic N) is 1. The predicted molar refractivity (Wildman–Crippen MR) is 97.5 cm³/mol. The number of hydrogen-bond acceptors (Lipinski definition) is 4. The smallest absolute Gasteiger partial charge is 0.242 e. The topological polar surface area (TPSA) is 86.9 Å². The Morgan fingerprint density at radius 2 is 2.16 bits per heavy atom. The van der Waals surface area contributed by atoms with Gasteiger partial charge >= 0.3 is 0 Å². The van der Waals surface area contributed by atoms with E-state index >= 15 is 0 Å². The van der Waals surface area contributed by atoms with E-state index in [1.165, 1.54) is 17.3 Å². The second kappa shape index (κ2) is 8.20. The van der Waals surface area contributed by atoms with E-state index < -0.39 is 6.04 Å². The van der Waals surface area contributed by atoms with Crippen LogP contribution >= 0.6 is 11.8 Å². The van der Waals surface area contributed by atoms with Gasteiger partial charge in [0.15, 0.2) is 5.16 Å². The summed E-state index contributed by atoms with van der Waals surface area (Å²) in [4.78, 5) is 31.5. The van der Waals surface area contributed by atoms with Crippen LogP contribution in [0, 0.1) is 6.92 Å². The van der Waals surface area contributed by atoms with E-state index in [-0.39, 0.29) is 17.6 Å². The highest BCUT2D eigenvalue weighted by Crippen LogP contribution is 2.19. The standard InChI is InChI=1S/C18H22N4O2S/c1-12-15(10-13-6-3-2-4-7-13)22-18(20-12)25-11-16(23)21-14-8-5-9-19-17(14)24/h2-4,6-7,14H,5,8-11H2,1H3,(H,19,24)(H,20,22)(H,21,23). The van der Waals surface area contributed by atoms with Gasteiger partial charge in [0, 0.05) is 18.7 Å². The van der Waals surface area contributed by atoms with Gasteiger partial charge in [-0.05, 0) is 25.3 Å². The molecule has 1 unspecified atom stereocenters. The molecule has 25 heavy (non-hydrogen) atoms. The van der Waals surface area contributed by atoms with E-state index in [1.807, 2.05) is 25.1 Å². The molecule has 1 atom stereocenters. The average Bonchev–Trinajstić information content (AvgIpc) is 2.96. The van der Waals surface area contributed by atoms with E-state index in [4.69, 9.17) is 0 Å². The number of rotatable bonds is 6. The van der Waals surface area contributed by atoms with E-state index in [2.05, 4.69) is 32.7 Å². The molecule has 0 radical (unpaired) electrons. The molecule has 7 heteroatoms. The molecule has 3 rings (SSSR count). The van der Waals surface area contributed by atoms with Crippen molar-refractivity contribution >= 4 is 23.6 Å². The minimum absolute atomic E-state index is 0.0939. The number of carbonyl (C=O) groups is 2. The third-order valence-corrected chi connectivity index (χ3v) is 5.01. The summed E-state index contributed by atoms with van der Waals surface area (Å²) in [5, 5.41) is 6.28. The summed E-state index contributed by atoms with van der Waals surface area (Å²) in [7, 11) is 0. The highest BCUT2D eigenvalue weighted by atomic mass is 32.2. The minimum Gasteiger partial charge on any atom is -0.354 e. The first kappa shape index (κ1) is 17.5. The van der Waals surface area contributed by atoms with Gasteiger partial charge in [-0.1, -0.05) is 42.1 Å². The lowest BCUT2D eigenvalue weighted by atomic mass is 10.1. The molecule has 1 aliphatic heterocycles. The van der Waals surface area contributed by atoms with Crippen molar-refractivity contribution in [2.45, 2.75) is 37.4 Å². The third-order valence-electron chi connectivity index (χ3n) is 4.14. The number of aryl methyl sites for hydroxylation is 1. The molecule has 1 saturated heterocycles. The lowest BCUT2D eigenvalue weighted by Crippen LogP contribution is -2.50. The summed E-state index contributed by atoms with van der Waals surface area (Å²) in [6.07, 6.45) is 2.35. The summed E-state index contributed by atoms with van der Waals surface area (Å²) in [5.74, 6) is -0.00378. The van der Waals surface area contributed by atoms with Gasteiger partial charge in [-0.2, -0.15) is 0 Å². The number of hydrogen-bond donors (Lipinski definition) is 3. The Morgan fingerprint density at radius 1 is 1.36 bits per heavy atom. The Kier molecular flexibility index (Phi) is 5.75. The zero-order chi connectivity index (χ0) is 17.6. The number of aromatic nitrogens is 2. The molecule has 0 saturated carbocycles. The second-order valence-electron chi connectivity index (χ2n) is 6.12. The van der Waals surface area contributed by atoms with Crippen LogP contribution in [-0.2, 0) is 16.0 Å². The van der Waals surface area contributed by atoms with Gasteiger partial charge in [0.2, 0.25) is 11.8 Å². The summed E-state index contributed by atoms with van der Waals surface area (Å²) in [6.45, 7) is 2.68. The molecular weight excluding hydrogens is 336 g/mol. The zero-order valence-corrected chi connectivity index (χ0v) is 15.0. The van der Waals surface area contributed by atoms with Crippen LogP contribution in [0.5, 0.6) is 0 Å². The normalized spacial score (nSPS) is 17.2. The summed E-state index contributed by atoms with van der Waals surface area (Å²) in [6, 6.07) is 9.76. The number of piperidine rings is 1. The quantitative estimate of drug-likeness (QED) is 0.687. The van der Waals surface area contributed by atoms with Gasteiger partial charge in [0.05, 0.1) is 11.4 Å². The maximum absolute atomic E-state index is 12.1. The molecule has 2 aromatic rings. The number of aromatic amines is 1. The number of benzene rings is 1. The number of carbonyl (C=O) groups excluding carboxylic acids is 2. The van der Waals surface area contributed by atoms with Crippen molar-refractivity contribution in [2.24, 2.45) is 0 Å². The van der Waals surface area contributed by atoms with Crippen LogP contribution in [-0.4, -0.2) is 40.1 Å². The van der Waals surface area contributed by atoms with Crippen LogP contribution in [0.2, 0.25) is 0 Å². The maximum Gasteiger partial charge on any atom is 0.242 e. The van der Waals surface area contributed by atoms with Crippen molar-refractivity contribution in [3.05, 3.63) is 47.3 Å². The molecule has 3 N–H and O–H groups in total. The van der Waals surface area contributed by atoms with Crippen LogP contribution < -0.4 is 10.6 Å². The lowest BCUT2D eigenvalue weighted by molar-refractivity contribution is -0.129. The van der Waals surface area contributed by atoms with Crippen LogP contribution in [0.3, 0.4) is 0 Å². The molecule has 0 spiro atoms. The van der Waals surface area contributed by atoms with E-state index in [0.29, 0.717) is 13.0 Å². The van der Waals surface area contributed by atoms with Crippen molar-refractivity contribution in [3.63, 3.8) is 0 Å². The van der Waals surface area contributed by atoms with Gasteiger partial charge in [0.1, 0.15) is 6.04 Å². The van der Waals surface area contributed by atoms with E-state index in [9.17, 15) is 9.59 Å². The minimum atomic E-state index is -0.408. The van der Waals surface area contributed by atoms with Crippen LogP contribution in [0.4, 0.5) is 0 Å². The SMILES string of the molecule is Cc1[nH]c(SCC(=O)NC2CCCNC2=O)nc1Cc1ccccc1. The third kappa shape index (κ3) is 4.85. The second-order valence-corrected chi connectivity index (χ2v) is 7.08. The fourth-order valence-electron chi connectivity index (χ4n) is 2.78. The first-order valence-corrected chi connectivity index (χ1v) is 9.39. The fourth-order valence-corrected chi connectivity index (χ4v) is 3.53.